The Hall–Kier alpha value is -3.22. The van der Waals surface area contributed by atoms with Gasteiger partial charge in [-0.2, -0.15) is 18.6 Å². The van der Waals surface area contributed by atoms with Crippen LogP contribution in [0, 0.1) is 6.92 Å². The third-order valence-electron chi connectivity index (χ3n) is 5.43. The summed E-state index contributed by atoms with van der Waals surface area (Å²) in [6.45, 7) is 1.27. The number of aliphatic hydroxyl groups excluding tert-OH is 1. The van der Waals surface area contributed by atoms with E-state index in [9.17, 15) is 13.5 Å². The smallest absolute Gasteiger partial charge is 1.00 e. The van der Waals surface area contributed by atoms with Gasteiger partial charge in [-0.05, 0) is 48.0 Å². The predicted octanol–water partition coefficient (Wildman–Crippen LogP) is -3.37. The van der Waals surface area contributed by atoms with Crippen LogP contribution in [0.25, 0.3) is 22.9 Å². The Morgan fingerprint density at radius 2 is 1.81 bits per heavy atom. The minimum absolute atomic E-state index is 0. The number of para-hydroxylation sites is 2. The topological polar surface area (TPSA) is 200 Å². The molecule has 0 aliphatic rings. The molecule has 0 amide bonds. The quantitative estimate of drug-likeness (QED) is 0.123. The molecule has 3 N–H and O–H groups in total. The molecule has 4 aromatic heterocycles. The molecule has 18 heteroatoms. The first-order chi connectivity index (χ1) is 19.9. The molecule has 0 aliphatic carbocycles. The minimum atomic E-state index is -4.25. The van der Waals surface area contributed by atoms with Crippen molar-refractivity contribution < 1.29 is 89.7 Å². The first kappa shape index (κ1) is 34.3. The van der Waals surface area contributed by atoms with Crippen LogP contribution >= 0.6 is 0 Å². The zero-order valence-corrected chi connectivity index (χ0v) is 28.5. The maximum Gasteiger partial charge on any atom is 1.00 e. The van der Waals surface area contributed by atoms with Crippen molar-refractivity contribution in [3.05, 3.63) is 66.5 Å². The average molecular weight is 626 g/mol. The molecular formula is C25H25N9Na2O6S. The zero-order valence-electron chi connectivity index (χ0n) is 25.7. The number of nitrogens with zero attached hydrogens (tertiary/aromatic N) is 7. The van der Waals surface area contributed by atoms with Crippen LogP contribution in [0.4, 0.5) is 5.82 Å². The number of hydrogen-bond donors (Lipinski definition) is 3. The van der Waals surface area contributed by atoms with Gasteiger partial charge >= 0.3 is 59.1 Å². The van der Waals surface area contributed by atoms with Crippen LogP contribution in [-0.4, -0.2) is 74.4 Å². The molecule has 15 nitrogen and oxygen atoms in total. The SMILES string of the molecule is COc1ccccc1Oc1c(NS(=O)(=O)c2ccc(C)cn2)nc(-c2ccnc(-c3nn[nH]n3)c2)nc1OCCO.[H-].[H-].[Na+].[Na+]. The average Bonchev–Trinajstić information content (AvgIpc) is 3.53. The molecule has 214 valence electrons. The first-order valence-electron chi connectivity index (χ1n) is 12.0. The van der Waals surface area contributed by atoms with Crippen LogP contribution in [0.5, 0.6) is 23.1 Å². The number of pyridine rings is 2. The number of rotatable bonds is 11. The summed E-state index contributed by atoms with van der Waals surface area (Å²) in [4.78, 5) is 17.2. The zero-order chi connectivity index (χ0) is 28.8. The van der Waals surface area contributed by atoms with E-state index in [1.165, 1.54) is 25.6 Å². The summed E-state index contributed by atoms with van der Waals surface area (Å²) in [5, 5.41) is 23.0. The molecule has 0 unspecified atom stereocenters. The number of sulfonamides is 1. The monoisotopic (exact) mass is 625 g/mol. The number of tetrazole rings is 1. The standard InChI is InChI=1S/C25H23N9O6S.2Na.2H/c1-15-7-8-20(27-14-15)41(36,37)32-24-21(40-19-6-4-3-5-18(19)38-2)25(39-12-11-35)29-22(28-24)16-9-10-26-17(13-16)23-30-33-34-31-23;;;;/h3-10,13-14,35H,11-12H2,1-2H3,(H,28,29,32)(H,30,31,33,34);;;;/q;2*+1;2*-1. The Morgan fingerprint density at radius 3 is 2.49 bits per heavy atom. The Morgan fingerprint density at radius 1 is 1.02 bits per heavy atom. The summed E-state index contributed by atoms with van der Waals surface area (Å²) in [6.07, 6.45) is 2.91. The molecule has 43 heavy (non-hydrogen) atoms. The summed E-state index contributed by atoms with van der Waals surface area (Å²) in [6, 6.07) is 12.9. The number of nitrogens with one attached hydrogen (secondary N) is 2. The largest absolute Gasteiger partial charge is 1.00 e. The number of aryl methyl sites for hydroxylation is 1. The molecule has 5 aromatic rings. The number of aromatic amines is 1. The van der Waals surface area contributed by atoms with Crippen molar-refractivity contribution in [3.8, 4) is 46.0 Å². The van der Waals surface area contributed by atoms with Crippen LogP contribution in [0.2, 0.25) is 0 Å². The second-order valence-corrected chi connectivity index (χ2v) is 9.93. The maximum absolute atomic E-state index is 13.4. The number of methoxy groups -OCH3 is 1. The van der Waals surface area contributed by atoms with E-state index >= 15 is 0 Å². The first-order valence-corrected chi connectivity index (χ1v) is 13.5. The van der Waals surface area contributed by atoms with Gasteiger partial charge in [0.15, 0.2) is 28.2 Å². The van der Waals surface area contributed by atoms with Crippen molar-refractivity contribution in [2.45, 2.75) is 11.9 Å². The summed E-state index contributed by atoms with van der Waals surface area (Å²) in [5.41, 5.74) is 1.56. The molecule has 0 atom stereocenters. The van der Waals surface area contributed by atoms with E-state index in [0.29, 0.717) is 17.0 Å². The van der Waals surface area contributed by atoms with E-state index in [0.717, 1.165) is 5.56 Å². The fraction of sp³-hybridized carbons (Fsp3) is 0.160. The summed E-state index contributed by atoms with van der Waals surface area (Å²) >= 11 is 0. The maximum atomic E-state index is 13.4. The van der Waals surface area contributed by atoms with Crippen molar-refractivity contribution in [1.82, 2.24) is 40.6 Å². The number of ether oxygens (including phenoxy) is 3. The molecule has 0 fully saturated rings. The molecule has 0 radical (unpaired) electrons. The van der Waals surface area contributed by atoms with Crippen LogP contribution < -0.4 is 78.0 Å². The van der Waals surface area contributed by atoms with E-state index in [1.807, 2.05) is 0 Å². The Balaban J connectivity index is 0.00000253. The van der Waals surface area contributed by atoms with Crippen LogP contribution in [-0.2, 0) is 10.0 Å². The number of aromatic nitrogens is 8. The molecule has 0 saturated carbocycles. The van der Waals surface area contributed by atoms with Gasteiger partial charge < -0.3 is 22.2 Å². The van der Waals surface area contributed by atoms with Crippen molar-refractivity contribution in [2.24, 2.45) is 0 Å². The molecular weight excluding hydrogens is 600 g/mol. The minimum Gasteiger partial charge on any atom is -1.00 e. The van der Waals surface area contributed by atoms with E-state index < -0.39 is 10.0 Å². The van der Waals surface area contributed by atoms with Gasteiger partial charge in [-0.15, -0.1) is 10.2 Å². The normalized spacial score (nSPS) is 10.7. The van der Waals surface area contributed by atoms with Crippen molar-refractivity contribution in [1.29, 1.82) is 0 Å². The van der Waals surface area contributed by atoms with Gasteiger partial charge in [-0.1, -0.05) is 18.2 Å². The van der Waals surface area contributed by atoms with Crippen LogP contribution in [0.3, 0.4) is 0 Å². The molecule has 0 saturated heterocycles. The van der Waals surface area contributed by atoms with Gasteiger partial charge in [0.05, 0.1) is 13.7 Å². The van der Waals surface area contributed by atoms with Crippen molar-refractivity contribution in [2.75, 3.05) is 25.0 Å². The number of aliphatic hydroxyl groups is 1. The third-order valence-corrected chi connectivity index (χ3v) is 6.68. The molecule has 0 aliphatic heterocycles. The van der Waals surface area contributed by atoms with E-state index in [1.54, 1.807) is 49.4 Å². The van der Waals surface area contributed by atoms with Crippen molar-refractivity contribution >= 4 is 15.8 Å². The van der Waals surface area contributed by atoms with E-state index in [2.05, 4.69) is 45.3 Å². The van der Waals surface area contributed by atoms with Gasteiger partial charge in [-0.3, -0.25) is 9.71 Å². The molecule has 5 rings (SSSR count). The third kappa shape index (κ3) is 8.24. The van der Waals surface area contributed by atoms with Crippen LogP contribution in [0.1, 0.15) is 8.42 Å². The van der Waals surface area contributed by atoms with Gasteiger partial charge in [0.1, 0.15) is 12.3 Å². The fourth-order valence-corrected chi connectivity index (χ4v) is 4.46. The van der Waals surface area contributed by atoms with Gasteiger partial charge in [0, 0.05) is 18.0 Å². The molecule has 0 spiro atoms. The summed E-state index contributed by atoms with van der Waals surface area (Å²) in [5.74, 6) is 0.291. The van der Waals surface area contributed by atoms with E-state index in [-0.39, 0.29) is 115 Å². The van der Waals surface area contributed by atoms with Gasteiger partial charge in [0.2, 0.25) is 11.6 Å². The second kappa shape index (κ2) is 15.5. The fourth-order valence-electron chi connectivity index (χ4n) is 3.53. The Bertz CT molecular complexity index is 1770. The second-order valence-electron chi connectivity index (χ2n) is 8.30. The van der Waals surface area contributed by atoms with Gasteiger partial charge in [-0.25, -0.2) is 9.97 Å². The van der Waals surface area contributed by atoms with Crippen molar-refractivity contribution in [3.63, 3.8) is 0 Å². The number of hydrogen-bond acceptors (Lipinski definition) is 13. The number of H-pyrrole nitrogens is 1. The molecule has 4 heterocycles. The number of benzene rings is 1. The van der Waals surface area contributed by atoms with E-state index in [4.69, 9.17) is 14.2 Å². The van der Waals surface area contributed by atoms with Crippen LogP contribution in [0.15, 0.2) is 66.0 Å². The Labute approximate surface area is 293 Å². The number of anilines is 1. The van der Waals surface area contributed by atoms with Gasteiger partial charge in [0.25, 0.3) is 15.9 Å². The Kier molecular flexibility index (Phi) is 12.3. The summed E-state index contributed by atoms with van der Waals surface area (Å²) in [7, 11) is -2.79. The predicted molar refractivity (Wildman–Crippen MR) is 146 cm³/mol. The summed E-state index contributed by atoms with van der Waals surface area (Å²) < 4.78 is 46.4. The molecule has 0 bridgehead atoms. The molecule has 1 aromatic carbocycles.